The molecule has 1 amide bonds. The number of carbonyl (C=O) groups is 1. The molecule has 0 fully saturated rings. The van der Waals surface area contributed by atoms with Gasteiger partial charge in [0.25, 0.3) is 0 Å². The van der Waals surface area contributed by atoms with Crippen molar-refractivity contribution in [2.45, 2.75) is 33.2 Å². The quantitative estimate of drug-likeness (QED) is 0.835. The van der Waals surface area contributed by atoms with Crippen LogP contribution in [0, 0.1) is 18.3 Å². The number of benzene rings is 1. The lowest BCUT2D eigenvalue weighted by atomic mass is 10.1. The number of hydrogen-bond acceptors (Lipinski definition) is 3. The van der Waals surface area contributed by atoms with Crippen LogP contribution < -0.4 is 10.6 Å². The van der Waals surface area contributed by atoms with Gasteiger partial charge in [-0.15, -0.1) is 0 Å². The number of hydrogen-bond donors (Lipinski definition) is 2. The van der Waals surface area contributed by atoms with Crippen molar-refractivity contribution < 1.29 is 4.79 Å². The summed E-state index contributed by atoms with van der Waals surface area (Å²) in [6.45, 7) is 6.16. The molecule has 0 heterocycles. The molecule has 0 radical (unpaired) electrons. The van der Waals surface area contributed by atoms with Crippen molar-refractivity contribution in [3.63, 3.8) is 0 Å². The van der Waals surface area contributed by atoms with Gasteiger partial charge >= 0.3 is 0 Å². The SMILES string of the molecule is CCC(C)NC(=O)CNc1cc(C#N)ccc1C. The standard InChI is InChI=1S/C14H19N3O/c1-4-11(3)17-14(18)9-16-13-7-12(8-15)6-5-10(13)2/h5-7,11,16H,4,9H2,1-3H3,(H,17,18). The van der Waals surface area contributed by atoms with Gasteiger partial charge in [0.05, 0.1) is 18.2 Å². The van der Waals surface area contributed by atoms with E-state index in [9.17, 15) is 4.79 Å². The molecule has 4 nitrogen and oxygen atoms in total. The maximum Gasteiger partial charge on any atom is 0.239 e. The van der Waals surface area contributed by atoms with E-state index in [0.717, 1.165) is 17.7 Å². The van der Waals surface area contributed by atoms with E-state index in [4.69, 9.17) is 5.26 Å². The minimum absolute atomic E-state index is 0.0360. The lowest BCUT2D eigenvalue weighted by molar-refractivity contribution is -0.120. The minimum Gasteiger partial charge on any atom is -0.376 e. The fraction of sp³-hybridized carbons (Fsp3) is 0.429. The molecule has 0 aliphatic heterocycles. The summed E-state index contributed by atoms with van der Waals surface area (Å²) in [6, 6.07) is 7.66. The first-order chi connectivity index (χ1) is 8.56. The topological polar surface area (TPSA) is 64.9 Å². The van der Waals surface area contributed by atoms with Gasteiger partial charge < -0.3 is 10.6 Å². The van der Waals surface area contributed by atoms with Crippen LogP contribution in [0.5, 0.6) is 0 Å². The predicted octanol–water partition coefficient (Wildman–Crippen LogP) is 2.19. The zero-order chi connectivity index (χ0) is 13.5. The molecule has 4 heteroatoms. The molecule has 18 heavy (non-hydrogen) atoms. The minimum atomic E-state index is -0.0360. The fourth-order valence-electron chi connectivity index (χ4n) is 1.49. The lowest BCUT2D eigenvalue weighted by Crippen LogP contribution is -2.36. The lowest BCUT2D eigenvalue weighted by Gasteiger charge is -2.13. The molecule has 0 saturated heterocycles. The van der Waals surface area contributed by atoms with Crippen molar-refractivity contribution in [2.75, 3.05) is 11.9 Å². The Balaban J connectivity index is 2.58. The van der Waals surface area contributed by atoms with E-state index in [1.165, 1.54) is 0 Å². The molecule has 1 rings (SSSR count). The number of nitrogens with one attached hydrogen (secondary N) is 2. The highest BCUT2D eigenvalue weighted by Gasteiger charge is 2.06. The molecule has 1 aromatic rings. The van der Waals surface area contributed by atoms with Crippen molar-refractivity contribution >= 4 is 11.6 Å². The Kier molecular flexibility index (Phi) is 5.19. The number of nitriles is 1. The summed E-state index contributed by atoms with van der Waals surface area (Å²) in [7, 11) is 0. The summed E-state index contributed by atoms with van der Waals surface area (Å²) in [4.78, 5) is 11.6. The molecule has 0 saturated carbocycles. The zero-order valence-electron chi connectivity index (χ0n) is 11.1. The normalized spacial score (nSPS) is 11.4. The molecule has 1 unspecified atom stereocenters. The number of amides is 1. The Hall–Kier alpha value is -2.02. The zero-order valence-corrected chi connectivity index (χ0v) is 11.1. The van der Waals surface area contributed by atoms with Crippen molar-refractivity contribution in [3.8, 4) is 6.07 Å². The van der Waals surface area contributed by atoms with Crippen LogP contribution in [0.25, 0.3) is 0 Å². The Morgan fingerprint density at radius 1 is 1.50 bits per heavy atom. The summed E-state index contributed by atoms with van der Waals surface area (Å²) in [6.07, 6.45) is 0.911. The Morgan fingerprint density at radius 2 is 2.22 bits per heavy atom. The van der Waals surface area contributed by atoms with Crippen molar-refractivity contribution in [2.24, 2.45) is 0 Å². The molecule has 0 aliphatic carbocycles. The van der Waals surface area contributed by atoms with Crippen LogP contribution in [0.2, 0.25) is 0 Å². The van der Waals surface area contributed by atoms with Gasteiger partial charge in [0, 0.05) is 11.7 Å². The number of aryl methyl sites for hydroxylation is 1. The van der Waals surface area contributed by atoms with Crippen LogP contribution in [0.3, 0.4) is 0 Å². The largest absolute Gasteiger partial charge is 0.376 e. The number of nitrogens with zero attached hydrogens (tertiary/aromatic N) is 1. The first-order valence-electron chi connectivity index (χ1n) is 6.10. The van der Waals surface area contributed by atoms with Crippen LogP contribution >= 0.6 is 0 Å². The summed E-state index contributed by atoms with van der Waals surface area (Å²) in [5.41, 5.74) is 2.43. The van der Waals surface area contributed by atoms with Gasteiger partial charge in [-0.05, 0) is 38.0 Å². The molecule has 0 aromatic heterocycles. The third-order valence-electron chi connectivity index (χ3n) is 2.83. The molecule has 0 spiro atoms. The first kappa shape index (κ1) is 14.0. The number of anilines is 1. The van der Waals surface area contributed by atoms with Crippen LogP contribution in [0.1, 0.15) is 31.4 Å². The van der Waals surface area contributed by atoms with Crippen LogP contribution in [-0.2, 0) is 4.79 Å². The van der Waals surface area contributed by atoms with E-state index in [2.05, 4.69) is 16.7 Å². The van der Waals surface area contributed by atoms with E-state index in [1.807, 2.05) is 26.8 Å². The third-order valence-corrected chi connectivity index (χ3v) is 2.83. The van der Waals surface area contributed by atoms with Crippen molar-refractivity contribution in [1.82, 2.24) is 5.32 Å². The second-order valence-electron chi connectivity index (χ2n) is 4.37. The Bertz CT molecular complexity index is 463. The molecule has 0 aliphatic rings. The molecule has 0 bridgehead atoms. The van der Waals surface area contributed by atoms with Crippen molar-refractivity contribution in [3.05, 3.63) is 29.3 Å². The predicted molar refractivity (Wildman–Crippen MR) is 72.3 cm³/mol. The van der Waals surface area contributed by atoms with E-state index in [1.54, 1.807) is 12.1 Å². The highest BCUT2D eigenvalue weighted by atomic mass is 16.1. The van der Waals surface area contributed by atoms with Crippen LogP contribution in [-0.4, -0.2) is 18.5 Å². The molecular formula is C14H19N3O. The smallest absolute Gasteiger partial charge is 0.239 e. The average Bonchev–Trinajstić information content (AvgIpc) is 2.37. The van der Waals surface area contributed by atoms with Gasteiger partial charge in [-0.25, -0.2) is 0 Å². The fourth-order valence-corrected chi connectivity index (χ4v) is 1.49. The molecule has 96 valence electrons. The second kappa shape index (κ2) is 6.65. The first-order valence-corrected chi connectivity index (χ1v) is 6.10. The van der Waals surface area contributed by atoms with Crippen molar-refractivity contribution in [1.29, 1.82) is 5.26 Å². The summed E-state index contributed by atoms with van der Waals surface area (Å²) >= 11 is 0. The molecule has 2 N–H and O–H groups in total. The number of rotatable bonds is 5. The van der Waals surface area contributed by atoms with Gasteiger partial charge in [0.15, 0.2) is 0 Å². The van der Waals surface area contributed by atoms with E-state index in [-0.39, 0.29) is 18.5 Å². The Morgan fingerprint density at radius 3 is 2.83 bits per heavy atom. The molecular weight excluding hydrogens is 226 g/mol. The maximum absolute atomic E-state index is 11.6. The van der Waals surface area contributed by atoms with Crippen LogP contribution in [0.15, 0.2) is 18.2 Å². The van der Waals surface area contributed by atoms with Gasteiger partial charge in [-0.2, -0.15) is 5.26 Å². The van der Waals surface area contributed by atoms with Gasteiger partial charge in [0.2, 0.25) is 5.91 Å². The van der Waals surface area contributed by atoms with Gasteiger partial charge in [0.1, 0.15) is 0 Å². The Labute approximate surface area is 108 Å². The van der Waals surface area contributed by atoms with Gasteiger partial charge in [-0.1, -0.05) is 13.0 Å². The van der Waals surface area contributed by atoms with E-state index < -0.39 is 0 Å². The van der Waals surface area contributed by atoms with E-state index >= 15 is 0 Å². The average molecular weight is 245 g/mol. The summed E-state index contributed by atoms with van der Waals surface area (Å²) < 4.78 is 0. The van der Waals surface area contributed by atoms with Crippen LogP contribution in [0.4, 0.5) is 5.69 Å². The third kappa shape index (κ3) is 4.10. The molecule has 1 atom stereocenters. The summed E-state index contributed by atoms with van der Waals surface area (Å²) in [5.74, 6) is -0.0360. The highest BCUT2D eigenvalue weighted by molar-refractivity contribution is 5.81. The highest BCUT2D eigenvalue weighted by Crippen LogP contribution is 2.15. The maximum atomic E-state index is 11.6. The van der Waals surface area contributed by atoms with Gasteiger partial charge in [-0.3, -0.25) is 4.79 Å². The second-order valence-corrected chi connectivity index (χ2v) is 4.37. The molecule has 1 aromatic carbocycles. The van der Waals surface area contributed by atoms with E-state index in [0.29, 0.717) is 5.56 Å². The summed E-state index contributed by atoms with van der Waals surface area (Å²) in [5, 5.41) is 14.8. The number of carbonyl (C=O) groups excluding carboxylic acids is 1. The monoisotopic (exact) mass is 245 g/mol.